The highest BCUT2D eigenvalue weighted by atomic mass is 35.5. The maximum absolute atomic E-state index is 10.9. The zero-order valence-electron chi connectivity index (χ0n) is 9.40. The van der Waals surface area contributed by atoms with Gasteiger partial charge in [0.25, 0.3) is 0 Å². The van der Waals surface area contributed by atoms with Gasteiger partial charge in [0.05, 0.1) is 5.56 Å². The molecule has 4 heteroatoms. The third-order valence-corrected chi connectivity index (χ3v) is 2.27. The lowest BCUT2D eigenvalue weighted by Crippen LogP contribution is -2.16. The Balaban J connectivity index is 0.00000225. The van der Waals surface area contributed by atoms with Crippen molar-refractivity contribution in [1.82, 2.24) is 5.32 Å². The molecular formula is C12H18ClNO2. The fraction of sp³-hybridized carbons (Fsp3) is 0.417. The van der Waals surface area contributed by atoms with Crippen molar-refractivity contribution in [2.24, 2.45) is 0 Å². The van der Waals surface area contributed by atoms with Gasteiger partial charge in [0.15, 0.2) is 0 Å². The maximum Gasteiger partial charge on any atom is 0.336 e. The maximum atomic E-state index is 10.9. The number of halogens is 1. The van der Waals surface area contributed by atoms with E-state index in [-0.39, 0.29) is 12.4 Å². The number of aromatic carboxylic acids is 1. The third-order valence-electron chi connectivity index (χ3n) is 2.27. The zero-order valence-corrected chi connectivity index (χ0v) is 10.2. The Morgan fingerprint density at radius 1 is 1.38 bits per heavy atom. The first-order valence-corrected chi connectivity index (χ1v) is 5.27. The minimum absolute atomic E-state index is 0. The van der Waals surface area contributed by atoms with E-state index in [9.17, 15) is 4.79 Å². The molecule has 0 saturated carbocycles. The van der Waals surface area contributed by atoms with Crippen LogP contribution in [0.15, 0.2) is 24.3 Å². The Bertz CT molecular complexity index is 329. The minimum Gasteiger partial charge on any atom is -0.478 e. The summed E-state index contributed by atoms with van der Waals surface area (Å²) in [5.74, 6) is -0.858. The summed E-state index contributed by atoms with van der Waals surface area (Å²) in [6.45, 7) is 3.69. The van der Waals surface area contributed by atoms with Crippen LogP contribution in [0.5, 0.6) is 0 Å². The third kappa shape index (κ3) is 4.64. The molecule has 0 fully saturated rings. The molecule has 0 spiro atoms. The van der Waals surface area contributed by atoms with Crippen LogP contribution >= 0.6 is 12.4 Å². The average Bonchev–Trinajstić information content (AvgIpc) is 2.25. The summed E-state index contributed by atoms with van der Waals surface area (Å²) in [5.41, 5.74) is 1.24. The molecule has 0 heterocycles. The summed E-state index contributed by atoms with van der Waals surface area (Å²) in [6.07, 6.45) is 2.27. The van der Waals surface area contributed by atoms with Crippen LogP contribution in [0, 0.1) is 0 Å². The van der Waals surface area contributed by atoms with E-state index in [0.29, 0.717) is 12.1 Å². The molecule has 0 atom stereocenters. The number of carbonyl (C=O) groups is 1. The number of carboxylic acid groups (broad SMARTS) is 1. The second-order valence-electron chi connectivity index (χ2n) is 3.49. The second-order valence-corrected chi connectivity index (χ2v) is 3.49. The van der Waals surface area contributed by atoms with Crippen LogP contribution in [-0.2, 0) is 6.54 Å². The quantitative estimate of drug-likeness (QED) is 0.756. The van der Waals surface area contributed by atoms with Gasteiger partial charge in [0, 0.05) is 6.54 Å². The fourth-order valence-corrected chi connectivity index (χ4v) is 1.41. The molecule has 90 valence electrons. The van der Waals surface area contributed by atoms with Gasteiger partial charge in [-0.2, -0.15) is 0 Å². The lowest BCUT2D eigenvalue weighted by molar-refractivity contribution is 0.0695. The molecular weight excluding hydrogens is 226 g/mol. The summed E-state index contributed by atoms with van der Waals surface area (Å²) < 4.78 is 0. The Labute approximate surface area is 102 Å². The first-order valence-electron chi connectivity index (χ1n) is 5.27. The number of unbranched alkanes of at least 4 members (excludes halogenated alkanes) is 1. The number of hydrogen-bond donors (Lipinski definition) is 2. The van der Waals surface area contributed by atoms with Gasteiger partial charge in [0.2, 0.25) is 0 Å². The van der Waals surface area contributed by atoms with Gasteiger partial charge in [-0.25, -0.2) is 4.79 Å². The first-order chi connectivity index (χ1) is 7.25. The number of hydrogen-bond acceptors (Lipinski definition) is 2. The molecule has 0 aliphatic carbocycles. The molecule has 0 saturated heterocycles. The van der Waals surface area contributed by atoms with E-state index in [0.717, 1.165) is 24.9 Å². The topological polar surface area (TPSA) is 49.3 Å². The highest BCUT2D eigenvalue weighted by molar-refractivity contribution is 5.89. The van der Waals surface area contributed by atoms with Crippen molar-refractivity contribution in [2.75, 3.05) is 6.54 Å². The molecule has 1 aromatic carbocycles. The number of nitrogens with one attached hydrogen (secondary N) is 1. The van der Waals surface area contributed by atoms with Crippen molar-refractivity contribution in [1.29, 1.82) is 0 Å². The number of benzene rings is 1. The Morgan fingerprint density at radius 2 is 2.06 bits per heavy atom. The van der Waals surface area contributed by atoms with Gasteiger partial charge in [0.1, 0.15) is 0 Å². The van der Waals surface area contributed by atoms with Crippen molar-refractivity contribution in [3.05, 3.63) is 35.4 Å². The molecule has 3 nitrogen and oxygen atoms in total. The molecule has 2 N–H and O–H groups in total. The number of carboxylic acids is 1. The fourth-order valence-electron chi connectivity index (χ4n) is 1.41. The lowest BCUT2D eigenvalue weighted by atomic mass is 10.1. The van der Waals surface area contributed by atoms with Crippen molar-refractivity contribution < 1.29 is 9.90 Å². The minimum atomic E-state index is -0.858. The zero-order chi connectivity index (χ0) is 11.1. The van der Waals surface area contributed by atoms with Crippen LogP contribution in [0.1, 0.15) is 35.7 Å². The molecule has 0 radical (unpaired) electrons. The van der Waals surface area contributed by atoms with E-state index in [4.69, 9.17) is 5.11 Å². The lowest BCUT2D eigenvalue weighted by Gasteiger charge is -2.06. The van der Waals surface area contributed by atoms with Crippen LogP contribution in [0.3, 0.4) is 0 Å². The summed E-state index contributed by atoms with van der Waals surface area (Å²) in [5, 5.41) is 12.2. The Morgan fingerprint density at radius 3 is 2.69 bits per heavy atom. The summed E-state index contributed by atoms with van der Waals surface area (Å²) in [7, 11) is 0. The largest absolute Gasteiger partial charge is 0.478 e. The Kier molecular flexibility index (Phi) is 7.60. The summed E-state index contributed by atoms with van der Waals surface area (Å²) in [4.78, 5) is 10.9. The SMILES string of the molecule is CCCCNCc1ccccc1C(=O)O.Cl. The average molecular weight is 244 g/mol. The predicted molar refractivity (Wildman–Crippen MR) is 67.3 cm³/mol. The van der Waals surface area contributed by atoms with Gasteiger partial charge in [-0.1, -0.05) is 31.5 Å². The molecule has 0 aliphatic heterocycles. The van der Waals surface area contributed by atoms with Crippen molar-refractivity contribution in [3.8, 4) is 0 Å². The molecule has 0 aliphatic rings. The predicted octanol–water partition coefficient (Wildman–Crippen LogP) is 2.70. The second kappa shape index (κ2) is 8.13. The van der Waals surface area contributed by atoms with E-state index in [1.165, 1.54) is 0 Å². The van der Waals surface area contributed by atoms with Gasteiger partial charge < -0.3 is 10.4 Å². The highest BCUT2D eigenvalue weighted by Gasteiger charge is 2.07. The normalized spacial score (nSPS) is 9.56. The van der Waals surface area contributed by atoms with Gasteiger partial charge in [-0.3, -0.25) is 0 Å². The summed E-state index contributed by atoms with van der Waals surface area (Å²) >= 11 is 0. The van der Waals surface area contributed by atoms with Gasteiger partial charge in [-0.05, 0) is 24.6 Å². The molecule has 16 heavy (non-hydrogen) atoms. The summed E-state index contributed by atoms with van der Waals surface area (Å²) in [6, 6.07) is 7.10. The van der Waals surface area contributed by atoms with Crippen LogP contribution in [0.4, 0.5) is 0 Å². The van der Waals surface area contributed by atoms with E-state index in [1.807, 2.05) is 12.1 Å². The van der Waals surface area contributed by atoms with E-state index < -0.39 is 5.97 Å². The van der Waals surface area contributed by atoms with Crippen LogP contribution in [0.25, 0.3) is 0 Å². The van der Waals surface area contributed by atoms with Crippen molar-refractivity contribution >= 4 is 18.4 Å². The molecule has 1 aromatic rings. The Hall–Kier alpha value is -1.06. The van der Waals surface area contributed by atoms with E-state index >= 15 is 0 Å². The van der Waals surface area contributed by atoms with Crippen molar-refractivity contribution in [2.45, 2.75) is 26.3 Å². The molecule has 0 amide bonds. The van der Waals surface area contributed by atoms with Crippen LogP contribution < -0.4 is 5.32 Å². The van der Waals surface area contributed by atoms with Gasteiger partial charge >= 0.3 is 5.97 Å². The standard InChI is InChI=1S/C12H17NO2.ClH/c1-2-3-8-13-9-10-6-4-5-7-11(10)12(14)15;/h4-7,13H,2-3,8-9H2,1H3,(H,14,15);1H. The van der Waals surface area contributed by atoms with Crippen molar-refractivity contribution in [3.63, 3.8) is 0 Å². The number of rotatable bonds is 6. The molecule has 0 bridgehead atoms. The first kappa shape index (κ1) is 14.9. The monoisotopic (exact) mass is 243 g/mol. The van der Waals surface area contributed by atoms with Gasteiger partial charge in [-0.15, -0.1) is 12.4 Å². The molecule has 0 unspecified atom stereocenters. The smallest absolute Gasteiger partial charge is 0.336 e. The van der Waals surface area contributed by atoms with E-state index in [1.54, 1.807) is 12.1 Å². The van der Waals surface area contributed by atoms with Crippen LogP contribution in [-0.4, -0.2) is 17.6 Å². The highest BCUT2D eigenvalue weighted by Crippen LogP contribution is 2.08. The molecule has 1 rings (SSSR count). The molecule has 0 aromatic heterocycles. The van der Waals surface area contributed by atoms with E-state index in [2.05, 4.69) is 12.2 Å². The van der Waals surface area contributed by atoms with Crippen LogP contribution in [0.2, 0.25) is 0 Å².